The first-order valence-corrected chi connectivity index (χ1v) is 7.95. The van der Waals surface area contributed by atoms with Gasteiger partial charge in [-0.15, -0.1) is 0 Å². The number of aliphatic hydroxyl groups is 1. The first kappa shape index (κ1) is 17.3. The molecule has 0 bridgehead atoms. The van der Waals surface area contributed by atoms with E-state index in [1.807, 2.05) is 12.1 Å². The highest BCUT2D eigenvalue weighted by Gasteiger charge is 2.24. The molecule has 0 aliphatic carbocycles. The topological polar surface area (TPSA) is 72.9 Å². The molecule has 0 aromatic heterocycles. The number of carbonyl (C=O) groups excluding carboxylic acids is 2. The molecular formula is C17H25N3O3. The number of benzene rings is 1. The maximum Gasteiger partial charge on any atom is 0.253 e. The number of hydrogen-bond donors (Lipinski definition) is 2. The predicted molar refractivity (Wildman–Crippen MR) is 89.3 cm³/mol. The van der Waals surface area contributed by atoms with Crippen LogP contribution in [0.15, 0.2) is 24.3 Å². The Balaban J connectivity index is 2.01. The van der Waals surface area contributed by atoms with Gasteiger partial charge in [0.05, 0.1) is 6.54 Å². The lowest BCUT2D eigenvalue weighted by Crippen LogP contribution is -2.40. The fourth-order valence-electron chi connectivity index (χ4n) is 2.68. The van der Waals surface area contributed by atoms with E-state index in [4.69, 9.17) is 0 Å². The predicted octanol–water partition coefficient (Wildman–Crippen LogP) is 1.03. The van der Waals surface area contributed by atoms with Gasteiger partial charge in [-0.25, -0.2) is 0 Å². The molecule has 6 heteroatoms. The number of hydrogen-bond acceptors (Lipinski definition) is 4. The van der Waals surface area contributed by atoms with Crippen LogP contribution < -0.4 is 5.32 Å². The molecule has 23 heavy (non-hydrogen) atoms. The Bertz CT molecular complexity index is 560. The van der Waals surface area contributed by atoms with E-state index in [1.165, 1.54) is 4.90 Å². The number of amides is 2. The number of rotatable bonds is 5. The molecule has 2 N–H and O–H groups in total. The Labute approximate surface area is 137 Å². The SMILES string of the molecule is CN(C)C(=O)CNc1cccc(C(=O)N2CCCC(CO)C2)c1. The van der Waals surface area contributed by atoms with Crippen LogP contribution in [0.3, 0.4) is 0 Å². The zero-order chi connectivity index (χ0) is 16.8. The maximum absolute atomic E-state index is 12.6. The van der Waals surface area contributed by atoms with Crippen LogP contribution in [0, 0.1) is 5.92 Å². The molecule has 0 spiro atoms. The van der Waals surface area contributed by atoms with Crippen LogP contribution in [-0.2, 0) is 4.79 Å². The van der Waals surface area contributed by atoms with Gasteiger partial charge in [0.25, 0.3) is 5.91 Å². The number of nitrogens with one attached hydrogen (secondary N) is 1. The Morgan fingerprint density at radius 2 is 2.17 bits per heavy atom. The molecular weight excluding hydrogens is 294 g/mol. The van der Waals surface area contributed by atoms with E-state index in [9.17, 15) is 14.7 Å². The molecule has 1 saturated heterocycles. The number of nitrogens with zero attached hydrogens (tertiary/aromatic N) is 2. The van der Waals surface area contributed by atoms with Crippen molar-refractivity contribution in [2.45, 2.75) is 12.8 Å². The summed E-state index contributed by atoms with van der Waals surface area (Å²) in [7, 11) is 3.41. The van der Waals surface area contributed by atoms with Gasteiger partial charge in [0.1, 0.15) is 0 Å². The number of carbonyl (C=O) groups is 2. The van der Waals surface area contributed by atoms with Gasteiger partial charge < -0.3 is 20.2 Å². The Morgan fingerprint density at radius 3 is 2.87 bits per heavy atom. The number of piperidine rings is 1. The largest absolute Gasteiger partial charge is 0.396 e. The smallest absolute Gasteiger partial charge is 0.253 e. The third-order valence-corrected chi connectivity index (χ3v) is 4.12. The van der Waals surface area contributed by atoms with Crippen LogP contribution in [0.4, 0.5) is 5.69 Å². The maximum atomic E-state index is 12.6. The normalized spacial score (nSPS) is 17.7. The third kappa shape index (κ3) is 4.69. The summed E-state index contributed by atoms with van der Waals surface area (Å²) in [5, 5.41) is 12.3. The monoisotopic (exact) mass is 319 g/mol. The van der Waals surface area contributed by atoms with Gasteiger partial charge in [-0.3, -0.25) is 9.59 Å². The lowest BCUT2D eigenvalue weighted by molar-refractivity contribution is -0.126. The highest BCUT2D eigenvalue weighted by Crippen LogP contribution is 2.19. The molecule has 126 valence electrons. The van der Waals surface area contributed by atoms with E-state index >= 15 is 0 Å². The molecule has 1 unspecified atom stereocenters. The Morgan fingerprint density at radius 1 is 1.39 bits per heavy atom. The number of anilines is 1. The van der Waals surface area contributed by atoms with Gasteiger partial charge in [-0.2, -0.15) is 0 Å². The average Bonchev–Trinajstić information content (AvgIpc) is 2.59. The molecule has 2 amide bonds. The van der Waals surface area contributed by atoms with Gasteiger partial charge in [0, 0.05) is 45.0 Å². The zero-order valence-electron chi connectivity index (χ0n) is 13.8. The van der Waals surface area contributed by atoms with Crippen LogP contribution in [0.1, 0.15) is 23.2 Å². The molecule has 1 aliphatic rings. The zero-order valence-corrected chi connectivity index (χ0v) is 13.8. The van der Waals surface area contributed by atoms with E-state index in [1.54, 1.807) is 31.1 Å². The van der Waals surface area contributed by atoms with Crippen molar-refractivity contribution in [3.05, 3.63) is 29.8 Å². The van der Waals surface area contributed by atoms with E-state index in [0.29, 0.717) is 12.1 Å². The first-order valence-electron chi connectivity index (χ1n) is 7.95. The second-order valence-electron chi connectivity index (χ2n) is 6.16. The summed E-state index contributed by atoms with van der Waals surface area (Å²) < 4.78 is 0. The van der Waals surface area contributed by atoms with Crippen LogP contribution in [0.2, 0.25) is 0 Å². The molecule has 0 saturated carbocycles. The highest BCUT2D eigenvalue weighted by atomic mass is 16.3. The Hall–Kier alpha value is -2.08. The lowest BCUT2D eigenvalue weighted by Gasteiger charge is -2.32. The fourth-order valence-corrected chi connectivity index (χ4v) is 2.68. The number of likely N-dealkylation sites (N-methyl/N-ethyl adjacent to an activating group) is 1. The summed E-state index contributed by atoms with van der Waals surface area (Å²) in [6.07, 6.45) is 1.89. The summed E-state index contributed by atoms with van der Waals surface area (Å²) >= 11 is 0. The van der Waals surface area contributed by atoms with Crippen molar-refractivity contribution >= 4 is 17.5 Å². The van der Waals surface area contributed by atoms with Crippen LogP contribution in [0.5, 0.6) is 0 Å². The highest BCUT2D eigenvalue weighted by molar-refractivity contribution is 5.95. The minimum absolute atomic E-state index is 0.0225. The van der Waals surface area contributed by atoms with Crippen molar-refractivity contribution in [3.63, 3.8) is 0 Å². The molecule has 1 aromatic rings. The van der Waals surface area contributed by atoms with Crippen molar-refractivity contribution in [1.82, 2.24) is 9.80 Å². The van der Waals surface area contributed by atoms with Crippen LogP contribution in [0.25, 0.3) is 0 Å². The summed E-state index contributed by atoms with van der Waals surface area (Å²) in [5.74, 6) is 0.126. The number of aliphatic hydroxyl groups excluding tert-OH is 1. The van der Waals surface area contributed by atoms with Gasteiger partial charge in [0.15, 0.2) is 0 Å². The van der Waals surface area contributed by atoms with Gasteiger partial charge in [-0.05, 0) is 37.0 Å². The van der Waals surface area contributed by atoms with Crippen molar-refractivity contribution < 1.29 is 14.7 Å². The van der Waals surface area contributed by atoms with E-state index in [-0.39, 0.29) is 30.9 Å². The Kier molecular flexibility index (Phi) is 5.98. The molecule has 1 atom stereocenters. The standard InChI is InChI=1S/C17H25N3O3/c1-19(2)16(22)10-18-15-7-3-6-14(9-15)17(23)20-8-4-5-13(11-20)12-21/h3,6-7,9,13,18,21H,4-5,8,10-12H2,1-2H3. The first-order chi connectivity index (χ1) is 11.0. The van der Waals surface area contributed by atoms with Crippen molar-refractivity contribution in [3.8, 4) is 0 Å². The molecule has 6 nitrogen and oxygen atoms in total. The lowest BCUT2D eigenvalue weighted by atomic mass is 9.98. The fraction of sp³-hybridized carbons (Fsp3) is 0.529. The summed E-state index contributed by atoms with van der Waals surface area (Å²) in [6.45, 7) is 1.65. The summed E-state index contributed by atoms with van der Waals surface area (Å²) in [5.41, 5.74) is 1.35. The van der Waals surface area contributed by atoms with Crippen LogP contribution >= 0.6 is 0 Å². The van der Waals surface area contributed by atoms with Crippen molar-refractivity contribution in [2.75, 3.05) is 45.7 Å². The average molecular weight is 319 g/mol. The molecule has 1 fully saturated rings. The molecule has 1 heterocycles. The van der Waals surface area contributed by atoms with Gasteiger partial charge in [-0.1, -0.05) is 6.07 Å². The summed E-state index contributed by atoms with van der Waals surface area (Å²) in [4.78, 5) is 27.5. The van der Waals surface area contributed by atoms with Gasteiger partial charge >= 0.3 is 0 Å². The molecule has 2 rings (SSSR count). The quantitative estimate of drug-likeness (QED) is 0.850. The molecule has 0 radical (unpaired) electrons. The van der Waals surface area contributed by atoms with E-state index < -0.39 is 0 Å². The molecule has 1 aliphatic heterocycles. The molecule has 1 aromatic carbocycles. The van der Waals surface area contributed by atoms with E-state index in [0.717, 1.165) is 25.1 Å². The second-order valence-corrected chi connectivity index (χ2v) is 6.16. The summed E-state index contributed by atoms with van der Waals surface area (Å²) in [6, 6.07) is 7.20. The minimum atomic E-state index is -0.0245. The minimum Gasteiger partial charge on any atom is -0.396 e. The second kappa shape index (κ2) is 7.97. The van der Waals surface area contributed by atoms with Crippen molar-refractivity contribution in [2.24, 2.45) is 5.92 Å². The third-order valence-electron chi connectivity index (χ3n) is 4.12. The van der Waals surface area contributed by atoms with E-state index in [2.05, 4.69) is 5.32 Å². The number of likely N-dealkylation sites (tertiary alicyclic amines) is 1. The van der Waals surface area contributed by atoms with Crippen LogP contribution in [-0.4, -0.2) is 67.1 Å². The van der Waals surface area contributed by atoms with Gasteiger partial charge in [0.2, 0.25) is 5.91 Å². The van der Waals surface area contributed by atoms with Crippen molar-refractivity contribution in [1.29, 1.82) is 0 Å².